The Morgan fingerprint density at radius 2 is 1.93 bits per heavy atom. The predicted octanol–water partition coefficient (Wildman–Crippen LogP) is 4.20. The highest BCUT2D eigenvalue weighted by atomic mass is 32.1. The van der Waals surface area contributed by atoms with E-state index in [1.165, 1.54) is 11.3 Å². The molecule has 0 N–H and O–H groups in total. The molecule has 0 fully saturated rings. The van der Waals surface area contributed by atoms with Crippen LogP contribution in [-0.2, 0) is 6.54 Å². The molecule has 0 spiro atoms. The van der Waals surface area contributed by atoms with Gasteiger partial charge in [0.25, 0.3) is 5.91 Å². The van der Waals surface area contributed by atoms with Gasteiger partial charge in [-0.2, -0.15) is 4.99 Å². The van der Waals surface area contributed by atoms with E-state index < -0.39 is 0 Å². The zero-order valence-electron chi connectivity index (χ0n) is 14.1. The Morgan fingerprint density at radius 3 is 2.81 bits per heavy atom. The molecule has 27 heavy (non-hydrogen) atoms. The van der Waals surface area contributed by atoms with Gasteiger partial charge in [0.2, 0.25) is 0 Å². The molecule has 0 unspecified atom stereocenters. The number of aromatic nitrogens is 3. The lowest BCUT2D eigenvalue weighted by Gasteiger charge is -2.07. The first-order valence-electron chi connectivity index (χ1n) is 8.41. The zero-order valence-corrected chi connectivity index (χ0v) is 15.8. The fourth-order valence-electron chi connectivity index (χ4n) is 2.99. The van der Waals surface area contributed by atoms with Gasteiger partial charge in [0, 0.05) is 24.3 Å². The van der Waals surface area contributed by atoms with Crippen molar-refractivity contribution >= 4 is 43.9 Å². The molecule has 5 aromatic rings. The molecule has 4 heterocycles. The molecule has 0 saturated carbocycles. The van der Waals surface area contributed by atoms with E-state index in [0.717, 1.165) is 20.9 Å². The average Bonchev–Trinajstić information content (AvgIpc) is 3.36. The summed E-state index contributed by atoms with van der Waals surface area (Å²) >= 11 is 2.97. The van der Waals surface area contributed by atoms with Crippen molar-refractivity contribution in [1.82, 2.24) is 14.0 Å². The first-order chi connectivity index (χ1) is 13.3. The Bertz CT molecular complexity index is 1320. The zero-order chi connectivity index (χ0) is 18.2. The minimum Gasteiger partial charge on any atom is -0.328 e. The molecule has 0 aliphatic rings. The van der Waals surface area contributed by atoms with E-state index in [0.29, 0.717) is 16.9 Å². The number of imidazole rings is 1. The van der Waals surface area contributed by atoms with Crippen LogP contribution in [0, 0.1) is 0 Å². The molecule has 1 aromatic carbocycles. The molecule has 0 radical (unpaired) electrons. The number of thiophene rings is 1. The molecule has 0 aliphatic heterocycles. The number of pyridine rings is 1. The Labute approximate surface area is 162 Å². The van der Waals surface area contributed by atoms with Crippen molar-refractivity contribution in [3.05, 3.63) is 88.3 Å². The quantitative estimate of drug-likeness (QED) is 0.464. The van der Waals surface area contributed by atoms with Crippen molar-refractivity contribution in [1.29, 1.82) is 0 Å². The van der Waals surface area contributed by atoms with Crippen LogP contribution in [0.2, 0.25) is 0 Å². The minimum atomic E-state index is -0.241. The summed E-state index contributed by atoms with van der Waals surface area (Å²) in [5.74, 6) is -0.241. The second-order valence-corrected chi connectivity index (χ2v) is 7.96. The van der Waals surface area contributed by atoms with Crippen molar-refractivity contribution in [3.8, 4) is 0 Å². The van der Waals surface area contributed by atoms with Gasteiger partial charge in [-0.15, -0.1) is 22.7 Å². The number of nitrogens with zero attached hydrogens (tertiary/aromatic N) is 4. The summed E-state index contributed by atoms with van der Waals surface area (Å²) in [7, 11) is 0. The molecule has 1 amide bonds. The molecular weight excluding hydrogens is 376 g/mol. The number of hydrogen-bond acceptors (Lipinski definition) is 4. The summed E-state index contributed by atoms with van der Waals surface area (Å²) < 4.78 is 3.98. The number of thiazole rings is 1. The van der Waals surface area contributed by atoms with Crippen LogP contribution < -0.4 is 5.49 Å². The molecule has 4 aromatic heterocycles. The van der Waals surface area contributed by atoms with Gasteiger partial charge in [-0.3, -0.25) is 9.20 Å². The summed E-state index contributed by atoms with van der Waals surface area (Å²) in [5, 5.41) is 1.99. The monoisotopic (exact) mass is 390 g/mol. The average molecular weight is 390 g/mol. The van der Waals surface area contributed by atoms with E-state index in [1.54, 1.807) is 11.3 Å². The summed E-state index contributed by atoms with van der Waals surface area (Å²) in [6.45, 7) is 0.665. The Balaban J connectivity index is 1.52. The Morgan fingerprint density at radius 1 is 1.07 bits per heavy atom. The maximum Gasteiger partial charge on any atom is 0.289 e. The van der Waals surface area contributed by atoms with E-state index in [-0.39, 0.29) is 5.91 Å². The van der Waals surface area contributed by atoms with Crippen LogP contribution in [0.4, 0.5) is 0 Å². The fraction of sp³-hybridized carbons (Fsp3) is 0.0500. The molecule has 0 aliphatic carbocycles. The summed E-state index contributed by atoms with van der Waals surface area (Å²) in [6.07, 6.45) is 3.91. The molecule has 7 heteroatoms. The van der Waals surface area contributed by atoms with Crippen LogP contribution >= 0.6 is 22.7 Å². The summed E-state index contributed by atoms with van der Waals surface area (Å²) in [4.78, 5) is 24.1. The third kappa shape index (κ3) is 3.01. The first kappa shape index (κ1) is 16.2. The van der Waals surface area contributed by atoms with E-state index in [1.807, 2.05) is 69.2 Å². The van der Waals surface area contributed by atoms with Gasteiger partial charge in [0.15, 0.2) is 4.96 Å². The smallest absolute Gasteiger partial charge is 0.289 e. The van der Waals surface area contributed by atoms with Gasteiger partial charge in [0.05, 0.1) is 10.4 Å². The number of carbonyl (C=O) groups is 1. The normalized spacial score (nSPS) is 12.2. The Hall–Kier alpha value is -3.03. The van der Waals surface area contributed by atoms with Crippen molar-refractivity contribution in [2.45, 2.75) is 6.54 Å². The third-order valence-corrected chi connectivity index (χ3v) is 6.04. The third-order valence-electron chi connectivity index (χ3n) is 4.28. The maximum absolute atomic E-state index is 12.8. The number of rotatable bonds is 3. The number of benzene rings is 1. The maximum atomic E-state index is 12.8. The molecule has 0 saturated heterocycles. The topological polar surface area (TPSA) is 51.7 Å². The van der Waals surface area contributed by atoms with Gasteiger partial charge in [-0.05, 0) is 23.8 Å². The number of fused-ring (bicyclic) bond motifs is 3. The van der Waals surface area contributed by atoms with Crippen molar-refractivity contribution in [2.24, 2.45) is 4.99 Å². The van der Waals surface area contributed by atoms with Crippen LogP contribution in [0.25, 0.3) is 15.3 Å². The van der Waals surface area contributed by atoms with E-state index >= 15 is 0 Å². The standard InChI is InChI=1S/C20H14N4OS2/c25-18(16-12-15-19(27-16)22-20-24(15)10-11-26-20)21-17-8-4-5-9-23(17)13-14-6-2-1-3-7-14/h1-12H,13H2. The highest BCUT2D eigenvalue weighted by molar-refractivity contribution is 7.21. The SMILES string of the molecule is O=C(N=c1ccccn1Cc1ccccc1)c1cc2c(nc3sccn32)s1. The lowest BCUT2D eigenvalue weighted by Crippen LogP contribution is -2.21. The molecule has 132 valence electrons. The molecule has 0 bridgehead atoms. The largest absolute Gasteiger partial charge is 0.328 e. The lowest BCUT2D eigenvalue weighted by molar-refractivity contribution is 0.100. The number of hydrogen-bond donors (Lipinski definition) is 0. The van der Waals surface area contributed by atoms with Crippen molar-refractivity contribution in [3.63, 3.8) is 0 Å². The minimum absolute atomic E-state index is 0.241. The van der Waals surface area contributed by atoms with Gasteiger partial charge in [-0.25, -0.2) is 4.98 Å². The lowest BCUT2D eigenvalue weighted by atomic mass is 10.2. The first-order valence-corrected chi connectivity index (χ1v) is 10.1. The van der Waals surface area contributed by atoms with Gasteiger partial charge in [0.1, 0.15) is 10.3 Å². The fourth-order valence-corrected chi connectivity index (χ4v) is 4.68. The van der Waals surface area contributed by atoms with Crippen molar-refractivity contribution < 1.29 is 4.79 Å². The Kier molecular flexibility index (Phi) is 3.95. The van der Waals surface area contributed by atoms with E-state index in [4.69, 9.17) is 0 Å². The molecule has 5 nitrogen and oxygen atoms in total. The second kappa shape index (κ2) is 6.61. The van der Waals surface area contributed by atoms with E-state index in [9.17, 15) is 4.79 Å². The molecule has 5 rings (SSSR count). The van der Waals surface area contributed by atoms with Crippen LogP contribution in [-0.4, -0.2) is 19.9 Å². The number of amides is 1. The van der Waals surface area contributed by atoms with Crippen LogP contribution in [0.1, 0.15) is 15.2 Å². The van der Waals surface area contributed by atoms with E-state index in [2.05, 4.69) is 22.1 Å². The van der Waals surface area contributed by atoms with Gasteiger partial charge < -0.3 is 4.57 Å². The molecular formula is C20H14N4OS2. The van der Waals surface area contributed by atoms with Crippen LogP contribution in [0.3, 0.4) is 0 Å². The predicted molar refractivity (Wildman–Crippen MR) is 108 cm³/mol. The second-order valence-electron chi connectivity index (χ2n) is 6.06. The molecule has 0 atom stereocenters. The highest BCUT2D eigenvalue weighted by Gasteiger charge is 2.14. The van der Waals surface area contributed by atoms with Crippen molar-refractivity contribution in [2.75, 3.05) is 0 Å². The van der Waals surface area contributed by atoms with Gasteiger partial charge in [-0.1, -0.05) is 36.4 Å². The highest BCUT2D eigenvalue weighted by Crippen LogP contribution is 2.28. The summed E-state index contributed by atoms with van der Waals surface area (Å²) in [5.41, 5.74) is 2.76. The number of carbonyl (C=O) groups excluding carboxylic acids is 1. The van der Waals surface area contributed by atoms with Crippen LogP contribution in [0.15, 0.2) is 77.4 Å². The van der Waals surface area contributed by atoms with Crippen LogP contribution in [0.5, 0.6) is 0 Å². The van der Waals surface area contributed by atoms with Gasteiger partial charge >= 0.3 is 0 Å². The summed E-state index contributed by atoms with van der Waals surface area (Å²) in [6, 6.07) is 17.7.